The summed E-state index contributed by atoms with van der Waals surface area (Å²) in [6.45, 7) is 6.21. The summed E-state index contributed by atoms with van der Waals surface area (Å²) in [6, 6.07) is 3.60. The Morgan fingerprint density at radius 3 is 2.13 bits per heavy atom. The lowest BCUT2D eigenvalue weighted by molar-refractivity contribution is 0.251. The molecule has 23 heavy (non-hydrogen) atoms. The Balaban J connectivity index is 1.90. The summed E-state index contributed by atoms with van der Waals surface area (Å²) in [5.41, 5.74) is 1.08. The van der Waals surface area contributed by atoms with Crippen LogP contribution in [0, 0.1) is 23.5 Å². The average Bonchev–Trinajstić information content (AvgIpc) is 2.57. The Morgan fingerprint density at radius 1 is 0.957 bits per heavy atom. The minimum absolute atomic E-state index is 0.0763. The molecule has 1 saturated carbocycles. The molecule has 1 atom stereocenters. The highest BCUT2D eigenvalue weighted by atomic mass is 19.2. The van der Waals surface area contributed by atoms with E-state index in [2.05, 4.69) is 6.92 Å². The van der Waals surface area contributed by atoms with Gasteiger partial charge in [0.15, 0.2) is 11.6 Å². The van der Waals surface area contributed by atoms with Gasteiger partial charge in [0.05, 0.1) is 0 Å². The van der Waals surface area contributed by atoms with Crippen LogP contribution >= 0.6 is 0 Å². The summed E-state index contributed by atoms with van der Waals surface area (Å²) >= 11 is 0. The largest absolute Gasteiger partial charge is 0.203 e. The van der Waals surface area contributed by atoms with Crippen molar-refractivity contribution in [1.29, 1.82) is 0 Å². The zero-order chi connectivity index (χ0) is 16.8. The van der Waals surface area contributed by atoms with Crippen molar-refractivity contribution in [1.82, 2.24) is 0 Å². The summed E-state index contributed by atoms with van der Waals surface area (Å²) in [6.07, 6.45) is 10.3. The molecular weight excluding hydrogens is 290 g/mol. The third kappa shape index (κ3) is 4.78. The van der Waals surface area contributed by atoms with Gasteiger partial charge in [-0.1, -0.05) is 71.4 Å². The highest BCUT2D eigenvalue weighted by Crippen LogP contribution is 2.34. The molecule has 0 aromatic heterocycles. The monoisotopic (exact) mass is 322 g/mol. The lowest BCUT2D eigenvalue weighted by Gasteiger charge is -2.28. The molecule has 130 valence electrons. The third-order valence-corrected chi connectivity index (χ3v) is 5.82. The molecule has 1 aliphatic carbocycles. The van der Waals surface area contributed by atoms with Crippen LogP contribution in [0.3, 0.4) is 0 Å². The standard InChI is InChI=1S/C21H32F2/c1-4-6-16-7-9-17(10-8-16)11-12-18-13-14-19(15(3)5-2)21(23)20(18)22/h13-17H,4-12H2,1-3H3. The summed E-state index contributed by atoms with van der Waals surface area (Å²) in [5.74, 6) is 0.443. The molecule has 0 nitrogen and oxygen atoms in total. The van der Waals surface area contributed by atoms with Crippen LogP contribution in [0.2, 0.25) is 0 Å². The fourth-order valence-corrected chi connectivity index (χ4v) is 3.97. The number of hydrogen-bond acceptors (Lipinski definition) is 0. The maximum atomic E-state index is 14.3. The first-order valence-corrected chi connectivity index (χ1v) is 9.53. The molecule has 1 unspecified atom stereocenters. The van der Waals surface area contributed by atoms with E-state index in [0.717, 1.165) is 18.8 Å². The molecule has 0 bridgehead atoms. The molecule has 0 radical (unpaired) electrons. The molecule has 2 rings (SSSR count). The predicted molar refractivity (Wildman–Crippen MR) is 93.7 cm³/mol. The van der Waals surface area contributed by atoms with Gasteiger partial charge in [-0.05, 0) is 48.1 Å². The summed E-state index contributed by atoms with van der Waals surface area (Å²) in [4.78, 5) is 0. The smallest absolute Gasteiger partial charge is 0.162 e. The predicted octanol–water partition coefficient (Wildman–Crippen LogP) is 7.02. The van der Waals surface area contributed by atoms with E-state index in [4.69, 9.17) is 0 Å². The van der Waals surface area contributed by atoms with E-state index in [9.17, 15) is 8.78 Å². The van der Waals surface area contributed by atoms with Crippen LogP contribution in [-0.4, -0.2) is 0 Å². The lowest BCUT2D eigenvalue weighted by Crippen LogP contribution is -2.15. The number of aryl methyl sites for hydroxylation is 1. The van der Waals surface area contributed by atoms with Crippen molar-refractivity contribution in [3.8, 4) is 0 Å². The van der Waals surface area contributed by atoms with E-state index in [1.807, 2.05) is 19.9 Å². The van der Waals surface area contributed by atoms with Gasteiger partial charge in [0.2, 0.25) is 0 Å². The van der Waals surface area contributed by atoms with Crippen molar-refractivity contribution >= 4 is 0 Å². The first kappa shape index (κ1) is 18.4. The normalized spacial score (nSPS) is 23.0. The Bertz CT molecular complexity index is 487. The average molecular weight is 322 g/mol. The van der Waals surface area contributed by atoms with E-state index in [1.54, 1.807) is 6.07 Å². The summed E-state index contributed by atoms with van der Waals surface area (Å²) < 4.78 is 28.5. The maximum Gasteiger partial charge on any atom is 0.162 e. The molecule has 0 heterocycles. The molecular formula is C21H32F2. The highest BCUT2D eigenvalue weighted by Gasteiger charge is 2.22. The molecule has 0 amide bonds. The van der Waals surface area contributed by atoms with Crippen LogP contribution in [0.15, 0.2) is 12.1 Å². The summed E-state index contributed by atoms with van der Waals surface area (Å²) in [7, 11) is 0. The SMILES string of the molecule is CCCC1CCC(CCc2ccc(C(C)CC)c(F)c2F)CC1. The molecule has 1 aliphatic rings. The van der Waals surface area contributed by atoms with Crippen molar-refractivity contribution in [2.24, 2.45) is 11.8 Å². The van der Waals surface area contributed by atoms with Crippen LogP contribution in [0.25, 0.3) is 0 Å². The van der Waals surface area contributed by atoms with Crippen LogP contribution < -0.4 is 0 Å². The summed E-state index contributed by atoms with van der Waals surface area (Å²) in [5, 5.41) is 0. The van der Waals surface area contributed by atoms with Gasteiger partial charge in [0, 0.05) is 0 Å². The second kappa shape index (κ2) is 8.80. The van der Waals surface area contributed by atoms with Crippen LogP contribution in [0.4, 0.5) is 8.78 Å². The quantitative estimate of drug-likeness (QED) is 0.506. The molecule has 2 heteroatoms. The van der Waals surface area contributed by atoms with Crippen molar-refractivity contribution < 1.29 is 8.78 Å². The fourth-order valence-electron chi connectivity index (χ4n) is 3.97. The van der Waals surface area contributed by atoms with Crippen molar-refractivity contribution in [2.75, 3.05) is 0 Å². The van der Waals surface area contributed by atoms with Crippen LogP contribution in [0.1, 0.15) is 89.2 Å². The molecule has 1 aromatic rings. The Labute approximate surface area is 140 Å². The second-order valence-corrected chi connectivity index (χ2v) is 7.47. The van der Waals surface area contributed by atoms with Gasteiger partial charge in [-0.2, -0.15) is 0 Å². The number of hydrogen-bond donors (Lipinski definition) is 0. The van der Waals surface area contributed by atoms with E-state index in [-0.39, 0.29) is 5.92 Å². The van der Waals surface area contributed by atoms with Gasteiger partial charge in [0.1, 0.15) is 0 Å². The van der Waals surface area contributed by atoms with E-state index in [1.165, 1.54) is 38.5 Å². The van der Waals surface area contributed by atoms with E-state index < -0.39 is 11.6 Å². The molecule has 0 N–H and O–H groups in total. The Kier molecular flexibility index (Phi) is 7.05. The van der Waals surface area contributed by atoms with E-state index >= 15 is 0 Å². The number of halogens is 2. The third-order valence-electron chi connectivity index (χ3n) is 5.82. The van der Waals surface area contributed by atoms with Gasteiger partial charge in [-0.3, -0.25) is 0 Å². The first-order chi connectivity index (χ1) is 11.1. The minimum atomic E-state index is -0.622. The second-order valence-electron chi connectivity index (χ2n) is 7.47. The van der Waals surface area contributed by atoms with Crippen molar-refractivity contribution in [2.45, 2.75) is 84.5 Å². The van der Waals surface area contributed by atoms with Crippen molar-refractivity contribution in [3.63, 3.8) is 0 Å². The fraction of sp³-hybridized carbons (Fsp3) is 0.714. The zero-order valence-corrected chi connectivity index (χ0v) is 15.0. The zero-order valence-electron chi connectivity index (χ0n) is 15.0. The van der Waals surface area contributed by atoms with Gasteiger partial charge in [-0.25, -0.2) is 8.78 Å². The van der Waals surface area contributed by atoms with Gasteiger partial charge >= 0.3 is 0 Å². The lowest BCUT2D eigenvalue weighted by atomic mass is 9.78. The molecule has 0 saturated heterocycles. The van der Waals surface area contributed by atoms with Crippen molar-refractivity contribution in [3.05, 3.63) is 34.9 Å². The van der Waals surface area contributed by atoms with Crippen LogP contribution in [-0.2, 0) is 6.42 Å². The molecule has 0 spiro atoms. The maximum absolute atomic E-state index is 14.3. The highest BCUT2D eigenvalue weighted by molar-refractivity contribution is 5.28. The topological polar surface area (TPSA) is 0 Å². The Morgan fingerprint density at radius 2 is 1.57 bits per heavy atom. The molecule has 0 aliphatic heterocycles. The molecule has 1 aromatic carbocycles. The van der Waals surface area contributed by atoms with Gasteiger partial charge in [0.25, 0.3) is 0 Å². The number of rotatable bonds is 7. The van der Waals surface area contributed by atoms with Gasteiger partial charge < -0.3 is 0 Å². The molecule has 1 fully saturated rings. The number of benzene rings is 1. The first-order valence-electron chi connectivity index (χ1n) is 9.53. The Hall–Kier alpha value is -0.920. The van der Waals surface area contributed by atoms with E-state index in [0.29, 0.717) is 23.5 Å². The minimum Gasteiger partial charge on any atom is -0.203 e. The van der Waals surface area contributed by atoms with Gasteiger partial charge in [-0.15, -0.1) is 0 Å². The van der Waals surface area contributed by atoms with Crippen LogP contribution in [0.5, 0.6) is 0 Å².